The van der Waals surface area contributed by atoms with Crippen LogP contribution in [-0.2, 0) is 9.53 Å². The lowest BCUT2D eigenvalue weighted by Gasteiger charge is -2.11. The number of hydrogen-bond donors (Lipinski definition) is 2. The van der Waals surface area contributed by atoms with Crippen molar-refractivity contribution < 1.29 is 14.6 Å². The Morgan fingerprint density at radius 2 is 2.06 bits per heavy atom. The van der Waals surface area contributed by atoms with Crippen molar-refractivity contribution in [3.05, 3.63) is 0 Å². The van der Waals surface area contributed by atoms with Gasteiger partial charge >= 0.3 is 0 Å². The number of rotatable bonds is 9. The van der Waals surface area contributed by atoms with Crippen molar-refractivity contribution >= 4 is 5.91 Å². The summed E-state index contributed by atoms with van der Waals surface area (Å²) in [6.45, 7) is 5.54. The zero-order valence-electron chi connectivity index (χ0n) is 10.7. The van der Waals surface area contributed by atoms with Gasteiger partial charge in [-0.2, -0.15) is 0 Å². The molecule has 0 spiro atoms. The van der Waals surface area contributed by atoms with E-state index in [0.29, 0.717) is 25.5 Å². The third kappa shape index (κ3) is 8.68. The minimum Gasteiger partial charge on any atom is -0.396 e. The van der Waals surface area contributed by atoms with E-state index in [4.69, 9.17) is 9.84 Å². The number of ether oxygens (including phenoxy) is 1. The van der Waals surface area contributed by atoms with Gasteiger partial charge in [0.1, 0.15) is 0 Å². The quantitative estimate of drug-likeness (QED) is 0.586. The number of hydrogen-bond acceptors (Lipinski definition) is 3. The Bertz CT molecular complexity index is 185. The van der Waals surface area contributed by atoms with Crippen molar-refractivity contribution in [2.45, 2.75) is 33.1 Å². The summed E-state index contributed by atoms with van der Waals surface area (Å²) in [7, 11) is 1.64. The smallest absolute Gasteiger partial charge is 0.220 e. The second kappa shape index (κ2) is 9.60. The molecule has 0 aromatic carbocycles. The van der Waals surface area contributed by atoms with Crippen LogP contribution in [-0.4, -0.2) is 37.9 Å². The Morgan fingerprint density at radius 1 is 1.38 bits per heavy atom. The molecule has 2 atom stereocenters. The number of aliphatic hydroxyl groups is 1. The average molecular weight is 231 g/mol. The van der Waals surface area contributed by atoms with Crippen LogP contribution < -0.4 is 5.32 Å². The maximum atomic E-state index is 11.4. The average Bonchev–Trinajstić information content (AvgIpc) is 2.24. The van der Waals surface area contributed by atoms with E-state index in [-0.39, 0.29) is 18.4 Å². The molecule has 0 bridgehead atoms. The van der Waals surface area contributed by atoms with Crippen molar-refractivity contribution in [3.63, 3.8) is 0 Å². The molecule has 0 heterocycles. The predicted octanol–water partition coefficient (Wildman–Crippen LogP) is 1.18. The van der Waals surface area contributed by atoms with Crippen molar-refractivity contribution in [3.8, 4) is 0 Å². The monoisotopic (exact) mass is 231 g/mol. The van der Waals surface area contributed by atoms with Gasteiger partial charge in [0.25, 0.3) is 0 Å². The number of carbonyl (C=O) groups excluding carboxylic acids is 1. The van der Waals surface area contributed by atoms with Crippen LogP contribution in [0, 0.1) is 11.8 Å². The van der Waals surface area contributed by atoms with Gasteiger partial charge < -0.3 is 15.2 Å². The van der Waals surface area contributed by atoms with Gasteiger partial charge in [0.05, 0.1) is 0 Å². The summed E-state index contributed by atoms with van der Waals surface area (Å²) in [4.78, 5) is 11.4. The molecule has 0 aromatic rings. The van der Waals surface area contributed by atoms with Crippen LogP contribution in [0.4, 0.5) is 0 Å². The van der Waals surface area contributed by atoms with Crippen LogP contribution in [0.15, 0.2) is 0 Å². The molecule has 2 N–H and O–H groups in total. The van der Waals surface area contributed by atoms with Gasteiger partial charge in [-0.3, -0.25) is 4.79 Å². The van der Waals surface area contributed by atoms with E-state index in [1.807, 2.05) is 13.8 Å². The van der Waals surface area contributed by atoms with Crippen LogP contribution in [0.3, 0.4) is 0 Å². The zero-order valence-corrected chi connectivity index (χ0v) is 10.7. The Hall–Kier alpha value is -0.610. The van der Waals surface area contributed by atoms with E-state index >= 15 is 0 Å². The summed E-state index contributed by atoms with van der Waals surface area (Å²) < 4.78 is 4.97. The van der Waals surface area contributed by atoms with E-state index in [2.05, 4.69) is 5.32 Å². The summed E-state index contributed by atoms with van der Waals surface area (Å²) in [6.07, 6.45) is 2.39. The molecule has 0 saturated heterocycles. The van der Waals surface area contributed by atoms with Crippen molar-refractivity contribution in [2.24, 2.45) is 11.8 Å². The lowest BCUT2D eigenvalue weighted by atomic mass is 10.1. The first kappa shape index (κ1) is 15.4. The largest absolute Gasteiger partial charge is 0.396 e. The number of methoxy groups -OCH3 is 1. The first-order valence-electron chi connectivity index (χ1n) is 5.96. The second-order valence-corrected chi connectivity index (χ2v) is 4.54. The molecule has 2 unspecified atom stereocenters. The molecule has 96 valence electrons. The molecule has 1 amide bonds. The molecule has 0 aliphatic carbocycles. The zero-order chi connectivity index (χ0) is 12.4. The lowest BCUT2D eigenvalue weighted by Crippen LogP contribution is -2.27. The van der Waals surface area contributed by atoms with Crippen LogP contribution in [0.2, 0.25) is 0 Å². The van der Waals surface area contributed by atoms with Crippen LogP contribution in [0.5, 0.6) is 0 Å². The molecular weight excluding hydrogens is 206 g/mol. The van der Waals surface area contributed by atoms with E-state index in [0.717, 1.165) is 12.8 Å². The fraction of sp³-hybridized carbons (Fsp3) is 0.917. The fourth-order valence-corrected chi connectivity index (χ4v) is 1.50. The third-order valence-corrected chi connectivity index (χ3v) is 2.49. The standard InChI is InChI=1S/C12H25NO3/c1-10(8-14)5-4-6-13-12(15)7-11(2)9-16-3/h10-11,14H,4-9H2,1-3H3,(H,13,15). The van der Waals surface area contributed by atoms with Gasteiger partial charge in [-0.05, 0) is 24.7 Å². The summed E-state index contributed by atoms with van der Waals surface area (Å²) in [6, 6.07) is 0. The SMILES string of the molecule is COCC(C)CC(=O)NCCCC(C)CO. The highest BCUT2D eigenvalue weighted by molar-refractivity contribution is 5.76. The van der Waals surface area contributed by atoms with Gasteiger partial charge in [0, 0.05) is 33.3 Å². The first-order chi connectivity index (χ1) is 7.60. The van der Waals surface area contributed by atoms with Gasteiger partial charge in [-0.1, -0.05) is 13.8 Å². The highest BCUT2D eigenvalue weighted by Gasteiger charge is 2.08. The maximum absolute atomic E-state index is 11.4. The topological polar surface area (TPSA) is 58.6 Å². The summed E-state index contributed by atoms with van der Waals surface area (Å²) in [5.74, 6) is 0.673. The van der Waals surface area contributed by atoms with Gasteiger partial charge in [0.15, 0.2) is 0 Å². The van der Waals surface area contributed by atoms with Gasteiger partial charge in [-0.25, -0.2) is 0 Å². The van der Waals surface area contributed by atoms with E-state index in [1.165, 1.54) is 0 Å². The number of carbonyl (C=O) groups is 1. The normalized spacial score (nSPS) is 14.5. The summed E-state index contributed by atoms with van der Waals surface area (Å²) in [5.41, 5.74) is 0. The number of aliphatic hydroxyl groups excluding tert-OH is 1. The molecule has 0 aromatic heterocycles. The molecule has 4 nitrogen and oxygen atoms in total. The van der Waals surface area contributed by atoms with Gasteiger partial charge in [-0.15, -0.1) is 0 Å². The number of amides is 1. The molecule has 16 heavy (non-hydrogen) atoms. The lowest BCUT2D eigenvalue weighted by molar-refractivity contribution is -0.122. The Labute approximate surface area is 98.4 Å². The third-order valence-electron chi connectivity index (χ3n) is 2.49. The minimum absolute atomic E-state index is 0.0844. The molecular formula is C12H25NO3. The van der Waals surface area contributed by atoms with E-state index in [1.54, 1.807) is 7.11 Å². The molecule has 0 radical (unpaired) electrons. The molecule has 0 rings (SSSR count). The fourth-order valence-electron chi connectivity index (χ4n) is 1.50. The Balaban J connectivity index is 3.43. The molecule has 0 fully saturated rings. The van der Waals surface area contributed by atoms with Crippen LogP contribution >= 0.6 is 0 Å². The first-order valence-corrected chi connectivity index (χ1v) is 5.96. The highest BCUT2D eigenvalue weighted by Crippen LogP contribution is 2.04. The number of nitrogens with one attached hydrogen (secondary N) is 1. The second-order valence-electron chi connectivity index (χ2n) is 4.54. The molecule has 0 aliphatic rings. The van der Waals surface area contributed by atoms with Crippen molar-refractivity contribution in [2.75, 3.05) is 26.9 Å². The van der Waals surface area contributed by atoms with Crippen LogP contribution in [0.25, 0.3) is 0 Å². The minimum atomic E-state index is 0.0844. The molecule has 0 saturated carbocycles. The molecule has 4 heteroatoms. The van der Waals surface area contributed by atoms with E-state index < -0.39 is 0 Å². The summed E-state index contributed by atoms with van der Waals surface area (Å²) in [5, 5.41) is 11.7. The highest BCUT2D eigenvalue weighted by atomic mass is 16.5. The Kier molecular flexibility index (Phi) is 9.24. The van der Waals surface area contributed by atoms with Crippen LogP contribution in [0.1, 0.15) is 33.1 Å². The maximum Gasteiger partial charge on any atom is 0.220 e. The van der Waals surface area contributed by atoms with Crippen molar-refractivity contribution in [1.29, 1.82) is 0 Å². The summed E-state index contributed by atoms with van der Waals surface area (Å²) >= 11 is 0. The predicted molar refractivity (Wildman–Crippen MR) is 64.2 cm³/mol. The van der Waals surface area contributed by atoms with E-state index in [9.17, 15) is 4.79 Å². The van der Waals surface area contributed by atoms with Gasteiger partial charge in [0.2, 0.25) is 5.91 Å². The molecule has 0 aliphatic heterocycles. The van der Waals surface area contributed by atoms with Crippen molar-refractivity contribution in [1.82, 2.24) is 5.32 Å². The Morgan fingerprint density at radius 3 is 2.62 bits per heavy atom.